The highest BCUT2D eigenvalue weighted by molar-refractivity contribution is 14.1. The Labute approximate surface area is 231 Å². The quantitative estimate of drug-likeness (QED) is 0.216. The lowest BCUT2D eigenvalue weighted by Crippen LogP contribution is -2.19. The lowest BCUT2D eigenvalue weighted by Gasteiger charge is -2.12. The van der Waals surface area contributed by atoms with E-state index >= 15 is 0 Å². The monoisotopic (exact) mass is 724 g/mol. The molecule has 4 rings (SSSR count). The van der Waals surface area contributed by atoms with E-state index in [0.29, 0.717) is 37.1 Å². The maximum Gasteiger partial charge on any atom is 0.264 e. The van der Waals surface area contributed by atoms with Crippen LogP contribution in [0.1, 0.15) is 11.1 Å². The minimum Gasteiger partial charge on any atom is -0.487 e. The number of amidine groups is 1. The molecule has 1 N–H and O–H groups in total. The molecule has 168 valence electrons. The third-order valence-electron chi connectivity index (χ3n) is 4.45. The van der Waals surface area contributed by atoms with Gasteiger partial charge >= 0.3 is 0 Å². The summed E-state index contributed by atoms with van der Waals surface area (Å²) in [4.78, 5) is 17.4. The second-order valence-corrected chi connectivity index (χ2v) is 10.9. The first-order valence-electron chi connectivity index (χ1n) is 9.40. The van der Waals surface area contributed by atoms with E-state index in [1.165, 1.54) is 17.8 Å². The van der Waals surface area contributed by atoms with Crippen LogP contribution in [0.15, 0.2) is 64.5 Å². The lowest BCUT2D eigenvalue weighted by molar-refractivity contribution is -0.115. The zero-order valence-electron chi connectivity index (χ0n) is 16.5. The fraction of sp³-hybridized carbons (Fsp3) is 0.0435. The van der Waals surface area contributed by atoms with E-state index in [9.17, 15) is 9.18 Å². The summed E-state index contributed by atoms with van der Waals surface area (Å²) in [6, 6.07) is 15.5. The zero-order valence-corrected chi connectivity index (χ0v) is 23.2. The molecule has 4 nitrogen and oxygen atoms in total. The molecule has 33 heavy (non-hydrogen) atoms. The number of hydrogen-bond donors (Lipinski definition) is 1. The molecule has 1 aliphatic heterocycles. The van der Waals surface area contributed by atoms with Gasteiger partial charge in [-0.1, -0.05) is 47.5 Å². The summed E-state index contributed by atoms with van der Waals surface area (Å²) in [6.45, 7) is 0.128. The molecule has 3 aromatic carbocycles. The lowest BCUT2D eigenvalue weighted by atomic mass is 10.2. The molecule has 0 unspecified atom stereocenters. The number of hydrogen-bond acceptors (Lipinski definition) is 4. The van der Waals surface area contributed by atoms with Gasteiger partial charge in [0.2, 0.25) is 0 Å². The largest absolute Gasteiger partial charge is 0.487 e. The van der Waals surface area contributed by atoms with Crippen LogP contribution in [0.4, 0.5) is 10.1 Å². The van der Waals surface area contributed by atoms with E-state index in [1.807, 2.05) is 12.1 Å². The number of amides is 1. The number of carbonyl (C=O) groups is 1. The highest BCUT2D eigenvalue weighted by Crippen LogP contribution is 2.36. The summed E-state index contributed by atoms with van der Waals surface area (Å²) < 4.78 is 21.5. The SMILES string of the molecule is O=C1NC(=Nc2cccc(Cl)c2Cl)S/C1=C/c1cc(I)c(OCc2ccccc2F)c(I)c1. The molecule has 1 amide bonds. The number of benzene rings is 3. The summed E-state index contributed by atoms with van der Waals surface area (Å²) in [5, 5.41) is 3.89. The predicted molar refractivity (Wildman–Crippen MR) is 150 cm³/mol. The van der Waals surface area contributed by atoms with Crippen LogP contribution in [0.3, 0.4) is 0 Å². The molecule has 1 fully saturated rings. The van der Waals surface area contributed by atoms with Crippen LogP contribution in [0.2, 0.25) is 10.0 Å². The maximum atomic E-state index is 13.9. The van der Waals surface area contributed by atoms with Crippen molar-refractivity contribution in [1.82, 2.24) is 5.32 Å². The standard InChI is InChI=1S/C23H13Cl2FI2N2O2S/c24-14-5-3-7-18(20(14)25)29-23-30-22(31)19(33-23)10-12-8-16(27)21(17(28)9-12)32-11-13-4-1-2-6-15(13)26/h1-10H,11H2,(H,29,30,31)/b19-10+. The van der Waals surface area contributed by atoms with Gasteiger partial charge in [-0.25, -0.2) is 9.38 Å². The summed E-state index contributed by atoms with van der Waals surface area (Å²) in [6.07, 6.45) is 1.78. The average molecular weight is 725 g/mol. The average Bonchev–Trinajstić information content (AvgIpc) is 3.10. The van der Waals surface area contributed by atoms with Gasteiger partial charge in [0.15, 0.2) is 5.17 Å². The number of rotatable bonds is 5. The highest BCUT2D eigenvalue weighted by Gasteiger charge is 2.24. The van der Waals surface area contributed by atoms with Gasteiger partial charge in [-0.15, -0.1) is 0 Å². The first-order chi connectivity index (χ1) is 15.8. The Kier molecular flexibility index (Phi) is 8.21. The van der Waals surface area contributed by atoms with E-state index in [1.54, 1.807) is 42.5 Å². The Morgan fingerprint density at radius 2 is 1.82 bits per heavy atom. The van der Waals surface area contributed by atoms with Crippen LogP contribution in [0, 0.1) is 13.0 Å². The molecule has 0 aromatic heterocycles. The Morgan fingerprint density at radius 1 is 1.09 bits per heavy atom. The first-order valence-corrected chi connectivity index (χ1v) is 13.1. The predicted octanol–water partition coefficient (Wildman–Crippen LogP) is 7.81. The van der Waals surface area contributed by atoms with Crippen LogP contribution < -0.4 is 10.1 Å². The fourth-order valence-electron chi connectivity index (χ4n) is 2.89. The molecule has 3 aromatic rings. The van der Waals surface area contributed by atoms with Gasteiger partial charge in [0.05, 0.1) is 27.8 Å². The molecule has 0 radical (unpaired) electrons. The Bertz CT molecular complexity index is 1290. The highest BCUT2D eigenvalue weighted by atomic mass is 127. The fourth-order valence-corrected chi connectivity index (χ4v) is 6.19. The molecule has 1 aliphatic rings. The van der Waals surface area contributed by atoms with Gasteiger partial charge in [0.25, 0.3) is 5.91 Å². The van der Waals surface area contributed by atoms with Crippen molar-refractivity contribution in [2.75, 3.05) is 0 Å². The summed E-state index contributed by atoms with van der Waals surface area (Å²) in [5.74, 6) is 0.120. The van der Waals surface area contributed by atoms with Crippen molar-refractivity contribution in [1.29, 1.82) is 0 Å². The van der Waals surface area contributed by atoms with Gasteiger partial charge in [-0.05, 0) is 98.9 Å². The molecule has 0 spiro atoms. The van der Waals surface area contributed by atoms with Gasteiger partial charge < -0.3 is 10.1 Å². The van der Waals surface area contributed by atoms with Crippen molar-refractivity contribution in [3.05, 3.63) is 93.6 Å². The van der Waals surface area contributed by atoms with Crippen LogP contribution in [-0.4, -0.2) is 11.1 Å². The molecular weight excluding hydrogens is 712 g/mol. The molecule has 0 atom stereocenters. The van der Waals surface area contributed by atoms with E-state index in [2.05, 4.69) is 55.5 Å². The number of aliphatic imine (C=N–C) groups is 1. The van der Waals surface area contributed by atoms with Crippen molar-refractivity contribution >= 4 is 103 Å². The summed E-state index contributed by atoms with van der Waals surface area (Å²) >= 11 is 17.8. The number of halogens is 5. The van der Waals surface area contributed by atoms with E-state index in [-0.39, 0.29) is 18.3 Å². The van der Waals surface area contributed by atoms with Crippen molar-refractivity contribution < 1.29 is 13.9 Å². The molecule has 10 heteroatoms. The minimum absolute atomic E-state index is 0.128. The molecule has 0 bridgehead atoms. The van der Waals surface area contributed by atoms with Gasteiger partial charge in [0, 0.05) is 5.56 Å². The normalized spacial score (nSPS) is 15.8. The maximum absolute atomic E-state index is 13.9. The topological polar surface area (TPSA) is 50.7 Å². The van der Waals surface area contributed by atoms with Crippen LogP contribution in [-0.2, 0) is 11.4 Å². The minimum atomic E-state index is -0.301. The Balaban J connectivity index is 1.53. The molecular formula is C23H13Cl2FI2N2O2S. The second-order valence-electron chi connectivity index (χ2n) is 6.75. The van der Waals surface area contributed by atoms with E-state index < -0.39 is 0 Å². The number of nitrogens with one attached hydrogen (secondary N) is 1. The number of thioether (sulfide) groups is 1. The molecule has 1 saturated heterocycles. The number of nitrogens with zero attached hydrogens (tertiary/aromatic N) is 1. The van der Waals surface area contributed by atoms with Gasteiger partial charge in [-0.3, -0.25) is 4.79 Å². The zero-order chi connectivity index (χ0) is 23.5. The van der Waals surface area contributed by atoms with Crippen molar-refractivity contribution in [2.24, 2.45) is 4.99 Å². The third kappa shape index (κ3) is 6.02. The second kappa shape index (κ2) is 10.9. The van der Waals surface area contributed by atoms with Crippen LogP contribution in [0.5, 0.6) is 5.75 Å². The number of ether oxygens (including phenoxy) is 1. The van der Waals surface area contributed by atoms with Gasteiger partial charge in [-0.2, -0.15) is 0 Å². The van der Waals surface area contributed by atoms with E-state index in [0.717, 1.165) is 12.7 Å². The molecule has 0 saturated carbocycles. The van der Waals surface area contributed by atoms with Crippen molar-refractivity contribution in [3.63, 3.8) is 0 Å². The summed E-state index contributed by atoms with van der Waals surface area (Å²) in [5.41, 5.74) is 1.80. The first kappa shape index (κ1) is 24.8. The van der Waals surface area contributed by atoms with E-state index in [4.69, 9.17) is 27.9 Å². The van der Waals surface area contributed by atoms with Crippen molar-refractivity contribution in [3.8, 4) is 5.75 Å². The Morgan fingerprint density at radius 3 is 2.55 bits per heavy atom. The molecule has 0 aliphatic carbocycles. The van der Waals surface area contributed by atoms with Crippen LogP contribution >= 0.6 is 80.1 Å². The van der Waals surface area contributed by atoms with Crippen LogP contribution in [0.25, 0.3) is 6.08 Å². The van der Waals surface area contributed by atoms with Crippen molar-refractivity contribution in [2.45, 2.75) is 6.61 Å². The Hall–Kier alpha value is -1.34. The van der Waals surface area contributed by atoms with Gasteiger partial charge in [0.1, 0.15) is 18.2 Å². The smallest absolute Gasteiger partial charge is 0.264 e. The number of carbonyl (C=O) groups excluding carboxylic acids is 1. The third-order valence-corrected chi connectivity index (χ3v) is 7.77. The molecule has 1 heterocycles. The summed E-state index contributed by atoms with van der Waals surface area (Å²) in [7, 11) is 0.